The Hall–Kier alpha value is -3.64. The number of carbonyl (C=O) groups excluding carboxylic acids is 2. The predicted molar refractivity (Wildman–Crippen MR) is 94.7 cm³/mol. The lowest BCUT2D eigenvalue weighted by atomic mass is 9.92. The molecule has 0 aliphatic carbocycles. The van der Waals surface area contributed by atoms with E-state index < -0.39 is 11.9 Å². The van der Waals surface area contributed by atoms with Gasteiger partial charge in [0.05, 0.1) is 14.2 Å². The highest BCUT2D eigenvalue weighted by Crippen LogP contribution is 2.14. The molecule has 0 aliphatic rings. The zero-order valence-electron chi connectivity index (χ0n) is 14.8. The van der Waals surface area contributed by atoms with Gasteiger partial charge in [-0.1, -0.05) is 24.3 Å². The summed E-state index contributed by atoms with van der Waals surface area (Å²) in [5, 5.41) is 21.0. The van der Waals surface area contributed by atoms with Crippen molar-refractivity contribution in [2.24, 2.45) is 0 Å². The fourth-order valence-corrected chi connectivity index (χ4v) is 2.95. The van der Waals surface area contributed by atoms with Gasteiger partial charge < -0.3 is 9.47 Å². The van der Waals surface area contributed by atoms with Gasteiger partial charge in [0.1, 0.15) is 23.3 Å². The Balaban J connectivity index is 3.33. The van der Waals surface area contributed by atoms with Gasteiger partial charge in [0.25, 0.3) is 0 Å². The summed E-state index contributed by atoms with van der Waals surface area (Å²) in [5.74, 6) is -1.49. The number of fused-ring (bicyclic) bond motifs is 1. The molecular weight excluding hydrogens is 332 g/mol. The summed E-state index contributed by atoms with van der Waals surface area (Å²) in [6.07, 6.45) is 0. The number of nitrogens with zero attached hydrogens (tertiary/aromatic N) is 2. The number of benzene rings is 2. The van der Waals surface area contributed by atoms with Gasteiger partial charge in [-0.05, 0) is 35.7 Å². The first-order chi connectivity index (χ1) is 12.4. The molecule has 0 fully saturated rings. The van der Waals surface area contributed by atoms with Crippen molar-refractivity contribution in [3.8, 4) is 12.1 Å². The lowest BCUT2D eigenvalue weighted by molar-refractivity contribution is -0.134. The summed E-state index contributed by atoms with van der Waals surface area (Å²) < 4.78 is 9.45. The van der Waals surface area contributed by atoms with Gasteiger partial charge >= 0.3 is 11.9 Å². The van der Waals surface area contributed by atoms with E-state index in [-0.39, 0.29) is 11.1 Å². The molecule has 0 aromatic heterocycles. The van der Waals surface area contributed by atoms with Gasteiger partial charge in [0.15, 0.2) is 0 Å². The molecule has 26 heavy (non-hydrogen) atoms. The first kappa shape index (κ1) is 18.7. The smallest absolute Gasteiger partial charge is 0.349 e. The summed E-state index contributed by atoms with van der Waals surface area (Å²) in [4.78, 5) is 24.1. The monoisotopic (exact) mass is 348 g/mol. The molecule has 0 atom stereocenters. The van der Waals surface area contributed by atoms with E-state index in [0.717, 1.165) is 0 Å². The van der Waals surface area contributed by atoms with Gasteiger partial charge in [-0.25, -0.2) is 9.59 Å². The third-order valence-corrected chi connectivity index (χ3v) is 4.28. The van der Waals surface area contributed by atoms with Gasteiger partial charge in [-0.2, -0.15) is 10.5 Å². The van der Waals surface area contributed by atoms with E-state index in [1.807, 2.05) is 12.1 Å². The number of methoxy groups -OCH3 is 2. The Morgan fingerprint density at radius 2 is 1.15 bits per heavy atom. The highest BCUT2D eigenvalue weighted by Gasteiger charge is 2.19. The van der Waals surface area contributed by atoms with Gasteiger partial charge in [-0.3, -0.25) is 0 Å². The third kappa shape index (κ3) is 2.89. The Morgan fingerprint density at radius 1 is 0.808 bits per heavy atom. The van der Waals surface area contributed by atoms with Crippen LogP contribution < -0.4 is 10.4 Å². The molecule has 2 aromatic carbocycles. The van der Waals surface area contributed by atoms with Crippen LogP contribution in [0.1, 0.15) is 11.1 Å². The molecule has 6 nitrogen and oxygen atoms in total. The molecule has 2 rings (SSSR count). The third-order valence-electron chi connectivity index (χ3n) is 4.28. The zero-order chi connectivity index (χ0) is 19.4. The van der Waals surface area contributed by atoms with Crippen molar-refractivity contribution < 1.29 is 19.1 Å². The molecule has 0 saturated carbocycles. The second kappa shape index (κ2) is 7.50. The molecule has 0 heterocycles. The van der Waals surface area contributed by atoms with Crippen molar-refractivity contribution >= 4 is 33.9 Å². The number of hydrogen-bond acceptors (Lipinski definition) is 6. The van der Waals surface area contributed by atoms with Crippen molar-refractivity contribution in [3.05, 3.63) is 45.8 Å². The lowest BCUT2D eigenvalue weighted by Gasteiger charge is -2.11. The first-order valence-electron chi connectivity index (χ1n) is 7.66. The Labute approximate surface area is 150 Å². The van der Waals surface area contributed by atoms with Crippen LogP contribution >= 0.6 is 0 Å². The van der Waals surface area contributed by atoms with Crippen molar-refractivity contribution in [1.29, 1.82) is 10.5 Å². The van der Waals surface area contributed by atoms with Crippen LogP contribution in [0.3, 0.4) is 0 Å². The van der Waals surface area contributed by atoms with Crippen LogP contribution in [0.15, 0.2) is 24.3 Å². The molecule has 0 aliphatic heterocycles. The van der Waals surface area contributed by atoms with Crippen LogP contribution in [0, 0.1) is 36.5 Å². The molecule has 0 amide bonds. The van der Waals surface area contributed by atoms with E-state index in [1.165, 1.54) is 14.2 Å². The van der Waals surface area contributed by atoms with E-state index in [1.54, 1.807) is 38.1 Å². The number of ether oxygens (including phenoxy) is 2. The van der Waals surface area contributed by atoms with Crippen LogP contribution in [-0.4, -0.2) is 26.2 Å². The molecule has 0 radical (unpaired) electrons. The van der Waals surface area contributed by atoms with E-state index in [4.69, 9.17) is 9.47 Å². The molecule has 0 unspecified atom stereocenters. The Kier molecular flexibility index (Phi) is 5.39. The highest BCUT2D eigenvalue weighted by molar-refractivity contribution is 6.19. The maximum absolute atomic E-state index is 12.1. The predicted octanol–water partition coefficient (Wildman–Crippen LogP) is 1.15. The van der Waals surface area contributed by atoms with Crippen LogP contribution in [0.25, 0.3) is 21.9 Å². The van der Waals surface area contributed by atoms with Crippen LogP contribution in [0.4, 0.5) is 0 Å². The molecule has 0 N–H and O–H groups in total. The molecular formula is C20H16N2O4. The Bertz CT molecular complexity index is 1040. The number of rotatable bonds is 2. The van der Waals surface area contributed by atoms with Crippen molar-refractivity contribution in [1.82, 2.24) is 0 Å². The quantitative estimate of drug-likeness (QED) is 0.755. The van der Waals surface area contributed by atoms with E-state index in [0.29, 0.717) is 32.3 Å². The maximum atomic E-state index is 12.1. The maximum Gasteiger partial charge on any atom is 0.349 e. The normalized spacial score (nSPS) is 12.5. The standard InChI is InChI=1S/C20H16N2O4/c1-11-12(2)18(16(10-22)20(24)26-4)14-8-6-5-7-13(14)17(11)15(9-21)19(23)25-3/h5-8H,1-4H3. The van der Waals surface area contributed by atoms with Crippen molar-refractivity contribution in [2.75, 3.05) is 14.2 Å². The molecule has 0 saturated heterocycles. The minimum absolute atomic E-state index is 0.132. The second-order valence-corrected chi connectivity index (χ2v) is 5.50. The number of esters is 2. The molecule has 0 bridgehead atoms. The van der Waals surface area contributed by atoms with Crippen LogP contribution in [0.5, 0.6) is 0 Å². The van der Waals surface area contributed by atoms with Gasteiger partial charge in [0, 0.05) is 10.4 Å². The van der Waals surface area contributed by atoms with Crippen molar-refractivity contribution in [2.45, 2.75) is 13.8 Å². The fourth-order valence-electron chi connectivity index (χ4n) is 2.95. The summed E-state index contributed by atoms with van der Waals surface area (Å²) in [5.41, 5.74) is 0.953. The summed E-state index contributed by atoms with van der Waals surface area (Å²) >= 11 is 0. The minimum atomic E-state index is -0.745. The summed E-state index contributed by atoms with van der Waals surface area (Å²) in [6, 6.07) is 10.8. The first-order valence-corrected chi connectivity index (χ1v) is 7.66. The zero-order valence-corrected chi connectivity index (χ0v) is 14.8. The van der Waals surface area contributed by atoms with Gasteiger partial charge in [-0.15, -0.1) is 0 Å². The minimum Gasteiger partial charge on any atom is -0.465 e. The Morgan fingerprint density at radius 3 is 1.42 bits per heavy atom. The van der Waals surface area contributed by atoms with E-state index in [2.05, 4.69) is 0 Å². The number of hydrogen-bond donors (Lipinski definition) is 0. The summed E-state index contributed by atoms with van der Waals surface area (Å²) in [7, 11) is 2.41. The van der Waals surface area contributed by atoms with E-state index >= 15 is 0 Å². The SMILES string of the molecule is COC(=O)C(C#N)=c1c(C)c(C)c(=C(C#N)C(=O)OC)c2ccccc12. The molecule has 0 spiro atoms. The largest absolute Gasteiger partial charge is 0.465 e. The fraction of sp³-hybridized carbons (Fsp3) is 0.200. The number of carbonyl (C=O) groups is 2. The van der Waals surface area contributed by atoms with E-state index in [9.17, 15) is 20.1 Å². The van der Waals surface area contributed by atoms with Crippen LogP contribution in [-0.2, 0) is 19.1 Å². The lowest BCUT2D eigenvalue weighted by Crippen LogP contribution is -2.27. The van der Waals surface area contributed by atoms with Gasteiger partial charge in [0.2, 0.25) is 0 Å². The highest BCUT2D eigenvalue weighted by atomic mass is 16.5. The average molecular weight is 348 g/mol. The topological polar surface area (TPSA) is 100 Å². The average Bonchev–Trinajstić information content (AvgIpc) is 2.67. The molecule has 130 valence electrons. The molecule has 2 aromatic rings. The molecule has 6 heteroatoms. The summed E-state index contributed by atoms with van der Waals surface area (Å²) in [6.45, 7) is 3.46. The van der Waals surface area contributed by atoms with Crippen molar-refractivity contribution in [3.63, 3.8) is 0 Å². The second-order valence-electron chi connectivity index (χ2n) is 5.50. The number of nitriles is 2. The van der Waals surface area contributed by atoms with Crippen LogP contribution in [0.2, 0.25) is 0 Å².